The van der Waals surface area contributed by atoms with Crippen molar-refractivity contribution in [3.63, 3.8) is 0 Å². The molecule has 0 saturated heterocycles. The molecule has 0 aliphatic carbocycles. The van der Waals surface area contributed by atoms with Crippen LogP contribution in [-0.4, -0.2) is 14.7 Å². The van der Waals surface area contributed by atoms with Gasteiger partial charge in [0.05, 0.1) is 6.20 Å². The highest BCUT2D eigenvalue weighted by Crippen LogP contribution is 2.02. The van der Waals surface area contributed by atoms with Gasteiger partial charge in [-0.3, -0.25) is 0 Å². The lowest BCUT2D eigenvalue weighted by molar-refractivity contribution is 0.273. The van der Waals surface area contributed by atoms with Crippen LogP contribution < -0.4 is 5.73 Å². The van der Waals surface area contributed by atoms with Gasteiger partial charge in [0, 0.05) is 7.05 Å². The van der Waals surface area contributed by atoms with E-state index in [4.69, 9.17) is 10.8 Å². The Kier molecular flexibility index (Phi) is 1.40. The number of hydrogen-bond acceptors (Lipinski definition) is 2. The zero-order chi connectivity index (χ0) is 6.85. The van der Waals surface area contributed by atoms with Crippen LogP contribution in [0.4, 0.5) is 5.95 Å². The van der Waals surface area contributed by atoms with Gasteiger partial charge < -0.3 is 15.4 Å². The average molecular weight is 128 g/mol. The summed E-state index contributed by atoms with van der Waals surface area (Å²) in [5, 5.41) is 6.98. The molecule has 0 fully saturated rings. The molecule has 0 amide bonds. The fourth-order valence-electron chi connectivity index (χ4n) is 0.625. The van der Waals surface area contributed by atoms with E-state index in [-0.39, 0.29) is 6.61 Å². The van der Waals surface area contributed by atoms with E-state index >= 15 is 0 Å². The van der Waals surface area contributed by atoms with Gasteiger partial charge in [0.25, 0.3) is 0 Å². The van der Waals surface area contributed by atoms with Gasteiger partial charge in [-0.1, -0.05) is 0 Å². The van der Waals surface area contributed by atoms with Crippen molar-refractivity contribution in [2.45, 2.75) is 6.61 Å². The van der Waals surface area contributed by atoms with E-state index in [0.717, 1.165) is 5.69 Å². The molecule has 4 N–H and O–H groups in total. The van der Waals surface area contributed by atoms with Crippen molar-refractivity contribution < 1.29 is 5.11 Å². The topological polar surface area (TPSA) is 66.7 Å². The molecule has 0 unspecified atom stereocenters. The van der Waals surface area contributed by atoms with Crippen molar-refractivity contribution in [3.8, 4) is 0 Å². The number of nitrogens with two attached hydrogens (primary N) is 1. The highest BCUT2D eigenvalue weighted by molar-refractivity contribution is 5.21. The Morgan fingerprint density at radius 3 is 2.78 bits per heavy atom. The quantitative estimate of drug-likeness (QED) is 0.504. The number of nitrogens with zero attached hydrogens (tertiary/aromatic N) is 2. The maximum atomic E-state index is 6.98. The normalized spacial score (nSPS) is 10.0. The molecule has 0 atom stereocenters. The second-order valence-corrected chi connectivity index (χ2v) is 1.84. The molecule has 0 aliphatic heterocycles. The summed E-state index contributed by atoms with van der Waals surface area (Å²) in [6, 6.07) is 0. The first-order valence-electron chi connectivity index (χ1n) is 2.66. The molecule has 0 aliphatic rings. The Hall–Kier alpha value is -1.03. The van der Waals surface area contributed by atoms with Crippen molar-refractivity contribution in [3.05, 3.63) is 11.9 Å². The Morgan fingerprint density at radius 2 is 2.56 bits per heavy atom. The second kappa shape index (κ2) is 2.06. The summed E-state index contributed by atoms with van der Waals surface area (Å²) >= 11 is 0. The van der Waals surface area contributed by atoms with Gasteiger partial charge in [0.1, 0.15) is 5.69 Å². The summed E-state index contributed by atoms with van der Waals surface area (Å²) < 4.78 is 1.70. The average Bonchev–Trinajstić information content (AvgIpc) is 2.15. The third-order valence-electron chi connectivity index (χ3n) is 1.30. The van der Waals surface area contributed by atoms with Gasteiger partial charge in [-0.2, -0.15) is 0 Å². The standard InChI is InChI=1S/C5H9N3O/c1-8-4(3-9)2-7-5(8)6/h2,9H,3H2,1H3,(H2,6,7)/p+1. The third kappa shape index (κ3) is 0.882. The van der Waals surface area contributed by atoms with E-state index < -0.39 is 0 Å². The predicted molar refractivity (Wildman–Crippen MR) is 34.9 cm³/mol. The SMILES string of the molecule is Cn1c(C[OH2+])cnc1N. The smallest absolute Gasteiger partial charge is 0.200 e. The molecule has 1 rings (SSSR count). The second-order valence-electron chi connectivity index (χ2n) is 1.84. The van der Waals surface area contributed by atoms with Gasteiger partial charge in [-0.05, 0) is 0 Å². The minimum atomic E-state index is 0.237. The molecule has 0 spiro atoms. The summed E-state index contributed by atoms with van der Waals surface area (Å²) in [4.78, 5) is 3.81. The predicted octanol–water partition coefficient (Wildman–Crippen LogP) is -0.773. The molecule has 1 heterocycles. The summed E-state index contributed by atoms with van der Waals surface area (Å²) in [5.74, 6) is 0.470. The first kappa shape index (κ1) is 6.10. The molecule has 0 aromatic carbocycles. The third-order valence-corrected chi connectivity index (χ3v) is 1.30. The van der Waals surface area contributed by atoms with Crippen LogP contribution in [0.15, 0.2) is 6.20 Å². The number of hydrogen-bond donors (Lipinski definition) is 1. The highest BCUT2D eigenvalue weighted by Gasteiger charge is 2.01. The van der Waals surface area contributed by atoms with Gasteiger partial charge >= 0.3 is 0 Å². The Morgan fingerprint density at radius 1 is 1.89 bits per heavy atom. The lowest BCUT2D eigenvalue weighted by Crippen LogP contribution is -2.00. The van der Waals surface area contributed by atoms with Crippen LogP contribution >= 0.6 is 0 Å². The zero-order valence-corrected chi connectivity index (χ0v) is 5.26. The zero-order valence-electron chi connectivity index (χ0n) is 5.26. The van der Waals surface area contributed by atoms with Gasteiger partial charge in [-0.15, -0.1) is 0 Å². The first-order chi connectivity index (χ1) is 4.25. The molecule has 9 heavy (non-hydrogen) atoms. The Bertz CT molecular complexity index is 206. The summed E-state index contributed by atoms with van der Waals surface area (Å²) in [7, 11) is 1.80. The van der Waals surface area contributed by atoms with Crippen LogP contribution in [0.2, 0.25) is 0 Å². The van der Waals surface area contributed by atoms with Crippen molar-refractivity contribution in [1.82, 2.24) is 9.55 Å². The van der Waals surface area contributed by atoms with Crippen LogP contribution in [0.3, 0.4) is 0 Å². The molecule has 0 radical (unpaired) electrons. The highest BCUT2D eigenvalue weighted by atomic mass is 16.3. The van der Waals surface area contributed by atoms with Gasteiger partial charge in [0.15, 0.2) is 12.6 Å². The van der Waals surface area contributed by atoms with Gasteiger partial charge in [-0.25, -0.2) is 4.98 Å². The Labute approximate surface area is 52.9 Å². The van der Waals surface area contributed by atoms with E-state index in [9.17, 15) is 0 Å². The van der Waals surface area contributed by atoms with Crippen molar-refractivity contribution in [1.29, 1.82) is 0 Å². The molecule has 1 aromatic rings. The molecule has 1 aromatic heterocycles. The van der Waals surface area contributed by atoms with Crippen molar-refractivity contribution in [2.24, 2.45) is 7.05 Å². The minimum Gasteiger partial charge on any atom is -0.441 e. The van der Waals surface area contributed by atoms with E-state index in [1.54, 1.807) is 17.8 Å². The van der Waals surface area contributed by atoms with Crippen molar-refractivity contribution in [2.75, 3.05) is 5.73 Å². The van der Waals surface area contributed by atoms with E-state index in [1.165, 1.54) is 0 Å². The number of nitrogen functional groups attached to an aromatic ring is 1. The fraction of sp³-hybridized carbons (Fsp3) is 0.400. The number of aromatic nitrogens is 2. The molecule has 0 bridgehead atoms. The maximum absolute atomic E-state index is 6.98. The lowest BCUT2D eigenvalue weighted by Gasteiger charge is -1.94. The number of anilines is 1. The largest absolute Gasteiger partial charge is 0.441 e. The lowest BCUT2D eigenvalue weighted by atomic mass is 10.5. The summed E-state index contributed by atoms with van der Waals surface area (Å²) in [6.07, 6.45) is 1.61. The molecular weight excluding hydrogens is 118 g/mol. The molecule has 4 nitrogen and oxygen atoms in total. The Balaban J connectivity index is 3.04. The van der Waals surface area contributed by atoms with E-state index in [1.807, 2.05) is 0 Å². The first-order valence-corrected chi connectivity index (χ1v) is 2.66. The maximum Gasteiger partial charge on any atom is 0.200 e. The molecule has 4 heteroatoms. The van der Waals surface area contributed by atoms with Crippen molar-refractivity contribution >= 4 is 5.95 Å². The number of imidazole rings is 1. The van der Waals surface area contributed by atoms with Crippen LogP contribution in [0.1, 0.15) is 5.69 Å². The van der Waals surface area contributed by atoms with E-state index in [2.05, 4.69) is 4.98 Å². The van der Waals surface area contributed by atoms with E-state index in [0.29, 0.717) is 5.95 Å². The fourth-order valence-corrected chi connectivity index (χ4v) is 0.625. The van der Waals surface area contributed by atoms with Crippen LogP contribution in [0.25, 0.3) is 0 Å². The summed E-state index contributed by atoms with van der Waals surface area (Å²) in [6.45, 7) is 0.237. The van der Waals surface area contributed by atoms with Crippen LogP contribution in [0, 0.1) is 0 Å². The molecule has 0 saturated carbocycles. The number of rotatable bonds is 1. The monoisotopic (exact) mass is 128 g/mol. The summed E-state index contributed by atoms with van der Waals surface area (Å²) in [5.41, 5.74) is 6.22. The van der Waals surface area contributed by atoms with Crippen LogP contribution in [-0.2, 0) is 13.7 Å². The van der Waals surface area contributed by atoms with Crippen LogP contribution in [0.5, 0.6) is 0 Å². The minimum absolute atomic E-state index is 0.237. The van der Waals surface area contributed by atoms with Gasteiger partial charge in [0.2, 0.25) is 0 Å². The molecule has 50 valence electrons. The molecular formula is C5H10N3O+.